The van der Waals surface area contributed by atoms with Crippen molar-refractivity contribution in [3.8, 4) is 5.75 Å². The summed E-state index contributed by atoms with van der Waals surface area (Å²) in [5.74, 6) is -7.61. The number of likely N-dealkylation sites (N-methyl/N-ethyl adjacent to an activating group) is 2. The summed E-state index contributed by atoms with van der Waals surface area (Å²) in [5.41, 5.74) is 1.80. The number of carbonyl (C=O) groups excluding carboxylic acids is 4. The summed E-state index contributed by atoms with van der Waals surface area (Å²) in [4.78, 5) is 54.3. The number of nitrogens with zero attached hydrogens (tertiary/aromatic N) is 2. The van der Waals surface area contributed by atoms with Crippen LogP contribution in [0.25, 0.3) is 0 Å². The van der Waals surface area contributed by atoms with E-state index in [-0.39, 0.29) is 36.2 Å². The Morgan fingerprint density at radius 3 is 2.35 bits per heavy atom. The van der Waals surface area contributed by atoms with Gasteiger partial charge in [0.05, 0.1) is 23.8 Å². The molecule has 0 spiro atoms. The second-order valence-corrected chi connectivity index (χ2v) is 10.2. The van der Waals surface area contributed by atoms with E-state index in [2.05, 4.69) is 5.32 Å². The van der Waals surface area contributed by atoms with Crippen LogP contribution >= 0.6 is 0 Å². The summed E-state index contributed by atoms with van der Waals surface area (Å²) in [6.45, 7) is 0.0324. The quantitative estimate of drug-likeness (QED) is 0.223. The summed E-state index contributed by atoms with van der Waals surface area (Å²) in [5, 5.41) is 47.1. The van der Waals surface area contributed by atoms with Crippen LogP contribution in [0, 0.1) is 11.8 Å². The first-order valence-corrected chi connectivity index (χ1v) is 11.7. The van der Waals surface area contributed by atoms with Gasteiger partial charge in [-0.1, -0.05) is 6.07 Å². The number of phenolic OH excluding ortho intramolecular Hbond substituents is 1. The minimum atomic E-state index is -2.70. The Morgan fingerprint density at radius 1 is 1.14 bits per heavy atom. The normalized spacial score (nSPS) is 27.3. The first-order valence-electron chi connectivity index (χ1n) is 11.7. The van der Waals surface area contributed by atoms with Gasteiger partial charge in [0, 0.05) is 11.5 Å². The highest BCUT2D eigenvalue weighted by Crippen LogP contribution is 2.52. The Balaban J connectivity index is 1.84. The number of ketones is 2. The van der Waals surface area contributed by atoms with Crippen molar-refractivity contribution in [3.05, 3.63) is 45.9 Å². The van der Waals surface area contributed by atoms with Crippen molar-refractivity contribution in [1.82, 2.24) is 9.80 Å². The van der Waals surface area contributed by atoms with Crippen LogP contribution in [0.15, 0.2) is 34.8 Å². The molecule has 0 fully saturated rings. The number of hydrogen-bond donors (Lipinski definition) is 6. The summed E-state index contributed by atoms with van der Waals surface area (Å²) in [6.07, 6.45) is 0.182. The highest BCUT2D eigenvalue weighted by atomic mass is 16.3. The number of aliphatic hydroxyl groups excluding tert-OH is 2. The van der Waals surface area contributed by atoms with Gasteiger partial charge in [0.1, 0.15) is 17.1 Å². The first-order chi connectivity index (χ1) is 17.2. The minimum Gasteiger partial charge on any atom is -0.510 e. The molecule has 0 saturated heterocycles. The van der Waals surface area contributed by atoms with Crippen molar-refractivity contribution < 1.29 is 39.6 Å². The zero-order valence-corrected chi connectivity index (χ0v) is 20.9. The molecule has 4 atom stereocenters. The van der Waals surface area contributed by atoms with Crippen LogP contribution in [-0.2, 0) is 20.8 Å². The molecular weight excluding hydrogens is 484 g/mol. The zero-order chi connectivity index (χ0) is 27.6. The zero-order valence-electron chi connectivity index (χ0n) is 20.9. The molecule has 3 aliphatic carbocycles. The fraction of sp³-hybridized carbons (Fsp3) is 0.440. The number of rotatable bonds is 5. The molecule has 3 aliphatic rings. The molecule has 0 saturated carbocycles. The van der Waals surface area contributed by atoms with E-state index in [1.54, 1.807) is 39.2 Å². The lowest BCUT2D eigenvalue weighted by atomic mass is 9.58. The molecule has 198 valence electrons. The van der Waals surface area contributed by atoms with Crippen molar-refractivity contribution in [1.29, 1.82) is 0 Å². The Morgan fingerprint density at radius 2 is 1.78 bits per heavy atom. The van der Waals surface area contributed by atoms with Gasteiger partial charge in [0.25, 0.3) is 5.91 Å². The van der Waals surface area contributed by atoms with Gasteiger partial charge in [-0.2, -0.15) is 0 Å². The number of nitrogens with two attached hydrogens (primary N) is 1. The number of fused-ring (bicyclic) bond motifs is 3. The topological polar surface area (TPSA) is 194 Å². The molecular formula is C25H30N4O8. The Kier molecular flexibility index (Phi) is 6.39. The largest absolute Gasteiger partial charge is 0.510 e. The van der Waals surface area contributed by atoms with E-state index in [0.717, 1.165) is 0 Å². The van der Waals surface area contributed by atoms with Gasteiger partial charge in [-0.3, -0.25) is 24.1 Å². The molecule has 0 unspecified atom stereocenters. The van der Waals surface area contributed by atoms with Crippen LogP contribution in [0.3, 0.4) is 0 Å². The maximum absolute atomic E-state index is 13.6. The molecule has 1 aromatic carbocycles. The van der Waals surface area contributed by atoms with Crippen LogP contribution in [-0.4, -0.2) is 100.0 Å². The van der Waals surface area contributed by atoms with Crippen LogP contribution in [0.5, 0.6) is 5.75 Å². The molecule has 0 aliphatic heterocycles. The van der Waals surface area contributed by atoms with Gasteiger partial charge in [-0.15, -0.1) is 0 Å². The van der Waals surface area contributed by atoms with Crippen molar-refractivity contribution in [3.63, 3.8) is 0 Å². The van der Waals surface area contributed by atoms with E-state index < -0.39 is 69.7 Å². The van der Waals surface area contributed by atoms with Gasteiger partial charge in [-0.05, 0) is 58.6 Å². The number of nitrogens with one attached hydrogen (secondary N) is 1. The highest BCUT2D eigenvalue weighted by molar-refractivity contribution is 6.25. The fourth-order valence-corrected chi connectivity index (χ4v) is 5.80. The lowest BCUT2D eigenvalue weighted by molar-refractivity contribution is -0.148. The molecule has 4 rings (SSSR count). The van der Waals surface area contributed by atoms with Crippen LogP contribution in [0.2, 0.25) is 0 Å². The maximum atomic E-state index is 13.6. The predicted molar refractivity (Wildman–Crippen MR) is 131 cm³/mol. The van der Waals surface area contributed by atoms with Crippen molar-refractivity contribution in [2.45, 2.75) is 24.5 Å². The number of primary amides is 1. The van der Waals surface area contributed by atoms with Crippen molar-refractivity contribution >= 4 is 29.1 Å². The average Bonchev–Trinajstić information content (AvgIpc) is 2.77. The van der Waals surface area contributed by atoms with E-state index >= 15 is 0 Å². The second-order valence-electron chi connectivity index (χ2n) is 10.2. The number of allylic oxidation sites excluding steroid dienone is 1. The Bertz CT molecular complexity index is 1300. The standard InChI is InChI=1S/C25H30N4O8/c1-28(2)9-14(30)27-13-6-5-10-7-11-8-12-18(29(3)4)21(33)17(24(26)36)23(35)25(12,37)22(34)16(11)20(32)15(10)19(13)31/h5-6,11-12,18,31,33-34,37H,7-9H2,1-4H3,(H2,26,36)(H,27,30)/t11-,12+,18+,25-/m0/s1. The summed E-state index contributed by atoms with van der Waals surface area (Å²) < 4.78 is 0. The molecule has 12 nitrogen and oxygen atoms in total. The molecule has 0 heterocycles. The molecule has 7 N–H and O–H groups in total. The van der Waals surface area contributed by atoms with Gasteiger partial charge in [-0.25, -0.2) is 0 Å². The van der Waals surface area contributed by atoms with E-state index in [0.29, 0.717) is 5.56 Å². The van der Waals surface area contributed by atoms with E-state index in [1.165, 1.54) is 11.0 Å². The molecule has 37 heavy (non-hydrogen) atoms. The maximum Gasteiger partial charge on any atom is 0.255 e. The summed E-state index contributed by atoms with van der Waals surface area (Å²) in [7, 11) is 6.52. The number of hydrogen-bond acceptors (Lipinski definition) is 10. The number of phenols is 1. The second kappa shape index (κ2) is 8.98. The minimum absolute atomic E-state index is 0.00447. The van der Waals surface area contributed by atoms with E-state index in [4.69, 9.17) is 5.73 Å². The highest BCUT2D eigenvalue weighted by Gasteiger charge is 2.63. The molecule has 12 heteroatoms. The number of Topliss-reactive ketones (excluding diaryl/α,β-unsaturated/α-hetero) is 2. The third-order valence-corrected chi connectivity index (χ3v) is 7.33. The van der Waals surface area contributed by atoms with Crippen molar-refractivity contribution in [2.24, 2.45) is 17.6 Å². The Hall–Kier alpha value is -3.74. The molecule has 1 aromatic rings. The lowest BCUT2D eigenvalue weighted by Crippen LogP contribution is -2.63. The molecule has 0 aromatic heterocycles. The van der Waals surface area contributed by atoms with Gasteiger partial charge in [0.2, 0.25) is 11.7 Å². The van der Waals surface area contributed by atoms with Gasteiger partial charge in [0.15, 0.2) is 17.1 Å². The molecule has 2 amide bonds. The number of amides is 2. The van der Waals surface area contributed by atoms with Crippen LogP contribution < -0.4 is 11.1 Å². The SMILES string of the molecule is CN(C)CC(=O)Nc1ccc2c(c1O)C(=O)C1=C(O)[C@]3(O)C(=O)C(C(N)=O)=C(O)[C@H](N(C)C)[C@H]3C[C@@H]1C2. The third-order valence-electron chi connectivity index (χ3n) is 7.33. The number of aliphatic hydroxyl groups is 3. The third kappa shape index (κ3) is 3.88. The number of benzene rings is 1. The number of anilines is 1. The monoisotopic (exact) mass is 514 g/mol. The number of aromatic hydroxyl groups is 1. The summed E-state index contributed by atoms with van der Waals surface area (Å²) in [6, 6.07) is 2.02. The average molecular weight is 515 g/mol. The van der Waals surface area contributed by atoms with E-state index in [9.17, 15) is 39.6 Å². The molecule has 0 radical (unpaired) electrons. The fourth-order valence-electron chi connectivity index (χ4n) is 5.80. The van der Waals surface area contributed by atoms with Gasteiger partial charge >= 0.3 is 0 Å². The van der Waals surface area contributed by atoms with Crippen molar-refractivity contribution in [2.75, 3.05) is 40.1 Å². The first kappa shape index (κ1) is 26.3. The Labute approximate surface area is 212 Å². The predicted octanol–water partition coefficient (Wildman–Crippen LogP) is -0.379. The van der Waals surface area contributed by atoms with Crippen LogP contribution in [0.1, 0.15) is 22.3 Å². The smallest absolute Gasteiger partial charge is 0.255 e. The van der Waals surface area contributed by atoms with Gasteiger partial charge < -0.3 is 36.4 Å². The lowest BCUT2D eigenvalue weighted by Gasteiger charge is -2.50. The number of carbonyl (C=O) groups is 4. The van der Waals surface area contributed by atoms with Crippen LogP contribution in [0.4, 0.5) is 5.69 Å². The summed E-state index contributed by atoms with van der Waals surface area (Å²) >= 11 is 0. The molecule has 0 bridgehead atoms. The van der Waals surface area contributed by atoms with E-state index in [1.807, 2.05) is 0 Å².